The molecule has 1 saturated heterocycles. The van der Waals surface area contributed by atoms with E-state index in [-0.39, 0.29) is 0 Å². The zero-order valence-electron chi connectivity index (χ0n) is 10.8. The molecule has 100 valence electrons. The Bertz CT molecular complexity index is 325. The standard InChI is InChI=1S/C13H22N4S/c18-12-3-1-2-7-16-8-10-17(11-9-16)13-14-5-4-6-15-13/h4-6,18H,1-3,7-12H2. The number of hydrogen-bond acceptors (Lipinski definition) is 5. The topological polar surface area (TPSA) is 32.3 Å². The van der Waals surface area contributed by atoms with Gasteiger partial charge in [-0.2, -0.15) is 12.6 Å². The summed E-state index contributed by atoms with van der Waals surface area (Å²) >= 11 is 4.24. The third-order valence-electron chi connectivity index (χ3n) is 3.34. The van der Waals surface area contributed by atoms with E-state index >= 15 is 0 Å². The van der Waals surface area contributed by atoms with Crippen molar-refractivity contribution in [3.05, 3.63) is 18.5 Å². The molecule has 5 heteroatoms. The molecule has 0 radical (unpaired) electrons. The van der Waals surface area contributed by atoms with Crippen LogP contribution in [0.4, 0.5) is 5.95 Å². The minimum atomic E-state index is 0.868. The molecular weight excluding hydrogens is 244 g/mol. The Hall–Kier alpha value is -0.810. The van der Waals surface area contributed by atoms with Crippen LogP contribution in [0.3, 0.4) is 0 Å². The first-order valence-corrected chi connectivity index (χ1v) is 7.38. The first kappa shape index (κ1) is 13.6. The lowest BCUT2D eigenvalue weighted by Crippen LogP contribution is -2.47. The molecule has 0 spiro atoms. The number of thiol groups is 1. The summed E-state index contributed by atoms with van der Waals surface area (Å²) in [5.41, 5.74) is 0. The van der Waals surface area contributed by atoms with E-state index in [0.29, 0.717) is 0 Å². The van der Waals surface area contributed by atoms with E-state index in [9.17, 15) is 0 Å². The summed E-state index contributed by atoms with van der Waals surface area (Å²) in [6.45, 7) is 5.54. The summed E-state index contributed by atoms with van der Waals surface area (Å²) in [4.78, 5) is 13.4. The van der Waals surface area contributed by atoms with E-state index in [1.54, 1.807) is 0 Å². The van der Waals surface area contributed by atoms with Crippen molar-refractivity contribution in [3.63, 3.8) is 0 Å². The van der Waals surface area contributed by atoms with Gasteiger partial charge in [0.15, 0.2) is 0 Å². The highest BCUT2D eigenvalue weighted by molar-refractivity contribution is 7.80. The van der Waals surface area contributed by atoms with Gasteiger partial charge in [0.2, 0.25) is 5.95 Å². The molecule has 1 aliphatic rings. The molecule has 0 atom stereocenters. The molecule has 0 saturated carbocycles. The summed E-state index contributed by atoms with van der Waals surface area (Å²) in [5, 5.41) is 0. The first-order valence-electron chi connectivity index (χ1n) is 6.75. The third kappa shape index (κ3) is 4.14. The van der Waals surface area contributed by atoms with E-state index in [2.05, 4.69) is 32.4 Å². The van der Waals surface area contributed by atoms with Crippen LogP contribution >= 0.6 is 12.6 Å². The highest BCUT2D eigenvalue weighted by Gasteiger charge is 2.17. The maximum absolute atomic E-state index is 4.30. The molecule has 0 aromatic carbocycles. The Kier molecular flexibility index (Phi) is 5.74. The van der Waals surface area contributed by atoms with Crippen LogP contribution in [0, 0.1) is 0 Å². The van der Waals surface area contributed by atoms with Crippen LogP contribution < -0.4 is 4.90 Å². The van der Waals surface area contributed by atoms with Gasteiger partial charge in [0, 0.05) is 38.6 Å². The van der Waals surface area contributed by atoms with Crippen LogP contribution in [0.25, 0.3) is 0 Å². The van der Waals surface area contributed by atoms with Crippen LogP contribution in [0.1, 0.15) is 19.3 Å². The molecular formula is C13H22N4S. The Morgan fingerprint density at radius 1 is 1.00 bits per heavy atom. The number of anilines is 1. The number of nitrogens with zero attached hydrogens (tertiary/aromatic N) is 4. The summed E-state index contributed by atoms with van der Waals surface area (Å²) in [5.74, 6) is 1.88. The molecule has 0 amide bonds. The van der Waals surface area contributed by atoms with Crippen LogP contribution in [0.2, 0.25) is 0 Å². The Morgan fingerprint density at radius 2 is 1.72 bits per heavy atom. The SMILES string of the molecule is SCCCCCN1CCN(c2ncccn2)CC1. The van der Waals surface area contributed by atoms with Gasteiger partial charge in [-0.15, -0.1) is 0 Å². The van der Waals surface area contributed by atoms with E-state index in [1.165, 1.54) is 25.8 Å². The van der Waals surface area contributed by atoms with Crippen molar-refractivity contribution >= 4 is 18.6 Å². The number of piperazine rings is 1. The van der Waals surface area contributed by atoms with Crippen LogP contribution in [-0.4, -0.2) is 53.3 Å². The molecule has 1 aromatic heterocycles. The highest BCUT2D eigenvalue weighted by Crippen LogP contribution is 2.10. The summed E-state index contributed by atoms with van der Waals surface area (Å²) in [7, 11) is 0. The monoisotopic (exact) mass is 266 g/mol. The lowest BCUT2D eigenvalue weighted by atomic mass is 10.2. The van der Waals surface area contributed by atoms with E-state index in [1.807, 2.05) is 18.5 Å². The molecule has 2 rings (SSSR count). The summed E-state index contributed by atoms with van der Waals surface area (Å²) < 4.78 is 0. The number of unbranched alkanes of at least 4 members (excludes halogenated alkanes) is 2. The maximum atomic E-state index is 4.30. The van der Waals surface area contributed by atoms with Gasteiger partial charge in [0.05, 0.1) is 0 Å². The molecule has 18 heavy (non-hydrogen) atoms. The fourth-order valence-electron chi connectivity index (χ4n) is 2.25. The second-order valence-corrected chi connectivity index (χ2v) is 5.11. The molecule has 0 bridgehead atoms. The second kappa shape index (κ2) is 7.59. The zero-order valence-corrected chi connectivity index (χ0v) is 11.7. The van der Waals surface area contributed by atoms with Gasteiger partial charge in [-0.3, -0.25) is 4.90 Å². The van der Waals surface area contributed by atoms with Crippen molar-refractivity contribution in [1.82, 2.24) is 14.9 Å². The smallest absolute Gasteiger partial charge is 0.225 e. The van der Waals surface area contributed by atoms with Gasteiger partial charge >= 0.3 is 0 Å². The number of hydrogen-bond donors (Lipinski definition) is 1. The third-order valence-corrected chi connectivity index (χ3v) is 3.66. The van der Waals surface area contributed by atoms with Gasteiger partial charge in [-0.1, -0.05) is 6.42 Å². The van der Waals surface area contributed by atoms with Crippen molar-refractivity contribution in [1.29, 1.82) is 0 Å². The van der Waals surface area contributed by atoms with Gasteiger partial charge < -0.3 is 4.90 Å². The van der Waals surface area contributed by atoms with Crippen molar-refractivity contribution < 1.29 is 0 Å². The fourth-order valence-corrected chi connectivity index (χ4v) is 2.47. The minimum Gasteiger partial charge on any atom is -0.338 e. The van der Waals surface area contributed by atoms with Gasteiger partial charge in [0.1, 0.15) is 0 Å². The first-order chi connectivity index (χ1) is 8.90. The maximum Gasteiger partial charge on any atom is 0.225 e. The Balaban J connectivity index is 1.68. The van der Waals surface area contributed by atoms with Crippen molar-refractivity contribution in [3.8, 4) is 0 Å². The van der Waals surface area contributed by atoms with Gasteiger partial charge in [-0.05, 0) is 31.2 Å². The predicted molar refractivity (Wildman–Crippen MR) is 78.4 cm³/mol. The molecule has 1 aliphatic heterocycles. The molecule has 1 aromatic rings. The number of rotatable bonds is 6. The van der Waals surface area contributed by atoms with Gasteiger partial charge in [-0.25, -0.2) is 9.97 Å². The normalized spacial score (nSPS) is 17.1. The average Bonchev–Trinajstić information content (AvgIpc) is 2.45. The van der Waals surface area contributed by atoms with Crippen LogP contribution in [0.5, 0.6) is 0 Å². The summed E-state index contributed by atoms with van der Waals surface area (Å²) in [6, 6.07) is 1.86. The molecule has 0 unspecified atom stereocenters. The minimum absolute atomic E-state index is 0.868. The van der Waals surface area contributed by atoms with Crippen LogP contribution in [0.15, 0.2) is 18.5 Å². The lowest BCUT2D eigenvalue weighted by molar-refractivity contribution is 0.251. The molecule has 2 heterocycles. The Morgan fingerprint density at radius 3 is 2.39 bits per heavy atom. The molecule has 4 nitrogen and oxygen atoms in total. The fraction of sp³-hybridized carbons (Fsp3) is 0.692. The second-order valence-electron chi connectivity index (χ2n) is 4.66. The lowest BCUT2D eigenvalue weighted by Gasteiger charge is -2.34. The van der Waals surface area contributed by atoms with E-state index < -0.39 is 0 Å². The molecule has 1 fully saturated rings. The van der Waals surface area contributed by atoms with Crippen molar-refractivity contribution in [2.45, 2.75) is 19.3 Å². The molecule has 0 aliphatic carbocycles. The van der Waals surface area contributed by atoms with E-state index in [0.717, 1.165) is 37.9 Å². The van der Waals surface area contributed by atoms with Crippen molar-refractivity contribution in [2.75, 3.05) is 43.4 Å². The average molecular weight is 266 g/mol. The summed E-state index contributed by atoms with van der Waals surface area (Å²) in [6.07, 6.45) is 7.45. The largest absolute Gasteiger partial charge is 0.338 e. The quantitative estimate of drug-likeness (QED) is 0.627. The zero-order chi connectivity index (χ0) is 12.6. The number of aromatic nitrogens is 2. The highest BCUT2D eigenvalue weighted by atomic mass is 32.1. The Labute approximate surface area is 115 Å². The van der Waals surface area contributed by atoms with Crippen molar-refractivity contribution in [2.24, 2.45) is 0 Å². The van der Waals surface area contributed by atoms with Crippen LogP contribution in [-0.2, 0) is 0 Å². The van der Waals surface area contributed by atoms with Gasteiger partial charge in [0.25, 0.3) is 0 Å². The molecule has 0 N–H and O–H groups in total. The predicted octanol–water partition coefficient (Wildman–Crippen LogP) is 1.70. The van der Waals surface area contributed by atoms with E-state index in [4.69, 9.17) is 0 Å².